The van der Waals surface area contributed by atoms with E-state index >= 15 is 0 Å². The first-order valence-electron chi connectivity index (χ1n) is 5.26. The molecule has 16 heavy (non-hydrogen) atoms. The highest BCUT2D eigenvalue weighted by Crippen LogP contribution is 2.31. The molecule has 0 fully saturated rings. The first-order valence-corrected chi connectivity index (χ1v) is 5.26. The summed E-state index contributed by atoms with van der Waals surface area (Å²) < 4.78 is 5.62. The van der Waals surface area contributed by atoms with Crippen molar-refractivity contribution in [3.63, 3.8) is 0 Å². The summed E-state index contributed by atoms with van der Waals surface area (Å²) in [5, 5.41) is 0. The van der Waals surface area contributed by atoms with Gasteiger partial charge in [-0.1, -0.05) is 30.3 Å². The zero-order valence-electron chi connectivity index (χ0n) is 8.71. The van der Waals surface area contributed by atoms with Crippen LogP contribution in [-0.4, -0.2) is 12.3 Å². The molecular formula is C14H11NO. The Labute approximate surface area is 94.3 Å². The normalized spacial score (nSPS) is 21.2. The number of allylic oxidation sites excluding steroid dienone is 1. The zero-order valence-corrected chi connectivity index (χ0v) is 8.71. The van der Waals surface area contributed by atoms with Gasteiger partial charge in [0.2, 0.25) is 0 Å². The molecule has 1 aromatic rings. The molecule has 1 aliphatic heterocycles. The highest BCUT2D eigenvalue weighted by Gasteiger charge is 2.20. The van der Waals surface area contributed by atoms with Crippen LogP contribution in [0.1, 0.15) is 11.1 Å². The summed E-state index contributed by atoms with van der Waals surface area (Å²) >= 11 is 0. The Hall–Kier alpha value is -2.09. The van der Waals surface area contributed by atoms with Gasteiger partial charge in [0.25, 0.3) is 0 Å². The van der Waals surface area contributed by atoms with Crippen LogP contribution in [0.5, 0.6) is 0 Å². The summed E-state index contributed by atoms with van der Waals surface area (Å²) in [5.41, 5.74) is 3.52. The van der Waals surface area contributed by atoms with Crippen LogP contribution in [0.25, 0.3) is 11.6 Å². The maximum atomic E-state index is 5.62. The van der Waals surface area contributed by atoms with Crippen LogP contribution in [0.15, 0.2) is 53.9 Å². The lowest BCUT2D eigenvalue weighted by Gasteiger charge is -2.22. The third-order valence-corrected chi connectivity index (χ3v) is 2.72. The van der Waals surface area contributed by atoms with Crippen molar-refractivity contribution in [2.45, 2.75) is 6.10 Å². The number of rotatable bonds is 0. The van der Waals surface area contributed by atoms with Crippen molar-refractivity contribution in [2.75, 3.05) is 0 Å². The Kier molecular flexibility index (Phi) is 2.18. The van der Waals surface area contributed by atoms with Crippen molar-refractivity contribution < 1.29 is 4.74 Å². The van der Waals surface area contributed by atoms with Crippen molar-refractivity contribution in [1.29, 1.82) is 0 Å². The molecule has 1 aliphatic carbocycles. The second-order valence-corrected chi connectivity index (χ2v) is 3.71. The molecule has 0 bridgehead atoms. The number of aliphatic imine (C=N–C) groups is 1. The van der Waals surface area contributed by atoms with Crippen LogP contribution < -0.4 is 0 Å². The Morgan fingerprint density at radius 3 is 3.12 bits per heavy atom. The average Bonchev–Trinajstić information content (AvgIpc) is 2.29. The molecule has 0 aromatic heterocycles. The van der Waals surface area contributed by atoms with Crippen molar-refractivity contribution >= 4 is 17.9 Å². The van der Waals surface area contributed by atoms with Gasteiger partial charge in [-0.05, 0) is 23.3 Å². The fraction of sp³-hybridized carbons (Fsp3) is 0.0714. The zero-order chi connectivity index (χ0) is 10.8. The lowest BCUT2D eigenvalue weighted by Crippen LogP contribution is -2.13. The summed E-state index contributed by atoms with van der Waals surface area (Å²) in [6.45, 7) is 0. The Balaban J connectivity index is 2.15. The standard InChI is InChI=1S/C14H11NO/c1-2-5-12-11(4-1)6-7-14-13(12)10-15-8-3-9-16-14/h1-10,14H. The summed E-state index contributed by atoms with van der Waals surface area (Å²) in [7, 11) is 0. The molecule has 3 rings (SSSR count). The highest BCUT2D eigenvalue weighted by molar-refractivity contribution is 5.83. The van der Waals surface area contributed by atoms with Gasteiger partial charge in [-0.2, -0.15) is 0 Å². The molecular weight excluding hydrogens is 198 g/mol. The van der Waals surface area contributed by atoms with Crippen LogP contribution >= 0.6 is 0 Å². The minimum absolute atomic E-state index is 0.0244. The van der Waals surface area contributed by atoms with Crippen molar-refractivity contribution in [3.8, 4) is 0 Å². The molecule has 78 valence electrons. The van der Waals surface area contributed by atoms with Crippen LogP contribution in [0.4, 0.5) is 0 Å². The molecule has 2 heteroatoms. The summed E-state index contributed by atoms with van der Waals surface area (Å²) in [6, 6.07) is 8.27. The number of nitrogens with zero attached hydrogens (tertiary/aromatic N) is 1. The molecule has 0 saturated heterocycles. The second kappa shape index (κ2) is 3.81. The van der Waals surface area contributed by atoms with E-state index in [9.17, 15) is 0 Å². The van der Waals surface area contributed by atoms with Crippen molar-refractivity contribution in [3.05, 3.63) is 60.0 Å². The first kappa shape index (κ1) is 9.16. The fourth-order valence-electron chi connectivity index (χ4n) is 1.95. The Morgan fingerprint density at radius 1 is 1.19 bits per heavy atom. The van der Waals surface area contributed by atoms with Crippen LogP contribution in [-0.2, 0) is 4.74 Å². The van der Waals surface area contributed by atoms with Gasteiger partial charge in [0, 0.05) is 18.0 Å². The van der Waals surface area contributed by atoms with Gasteiger partial charge >= 0.3 is 0 Å². The van der Waals surface area contributed by atoms with Gasteiger partial charge in [-0.15, -0.1) is 0 Å². The van der Waals surface area contributed by atoms with Crippen LogP contribution in [0.3, 0.4) is 0 Å². The number of hydrogen-bond acceptors (Lipinski definition) is 2. The van der Waals surface area contributed by atoms with Gasteiger partial charge in [0.05, 0.1) is 6.26 Å². The molecule has 1 unspecified atom stereocenters. The van der Waals surface area contributed by atoms with E-state index in [4.69, 9.17) is 4.74 Å². The summed E-state index contributed by atoms with van der Waals surface area (Å²) in [4.78, 5) is 4.23. The average molecular weight is 209 g/mol. The third kappa shape index (κ3) is 1.48. The SMILES string of the molecule is C1=COC2C=Cc3ccccc3C2=CN=C1. The van der Waals surface area contributed by atoms with E-state index in [0.717, 1.165) is 5.57 Å². The van der Waals surface area contributed by atoms with E-state index in [1.165, 1.54) is 11.1 Å². The number of benzene rings is 1. The van der Waals surface area contributed by atoms with Crippen LogP contribution in [0, 0.1) is 0 Å². The maximum absolute atomic E-state index is 5.62. The minimum Gasteiger partial charge on any atom is -0.489 e. The predicted molar refractivity (Wildman–Crippen MR) is 66.0 cm³/mol. The molecule has 0 spiro atoms. The van der Waals surface area contributed by atoms with E-state index in [2.05, 4.69) is 29.3 Å². The van der Waals surface area contributed by atoms with Crippen LogP contribution in [0.2, 0.25) is 0 Å². The van der Waals surface area contributed by atoms with E-state index in [1.807, 2.05) is 18.3 Å². The van der Waals surface area contributed by atoms with Gasteiger partial charge in [-0.3, -0.25) is 4.99 Å². The fourth-order valence-corrected chi connectivity index (χ4v) is 1.95. The molecule has 0 radical (unpaired) electrons. The van der Waals surface area contributed by atoms with E-state index in [0.29, 0.717) is 0 Å². The number of hydrogen-bond donors (Lipinski definition) is 0. The molecule has 0 N–H and O–H groups in total. The second-order valence-electron chi connectivity index (χ2n) is 3.71. The quantitative estimate of drug-likeness (QED) is 0.643. The lowest BCUT2D eigenvalue weighted by molar-refractivity contribution is 0.236. The summed E-state index contributed by atoms with van der Waals surface area (Å²) in [6.07, 6.45) is 11.2. The van der Waals surface area contributed by atoms with Crippen molar-refractivity contribution in [2.24, 2.45) is 4.99 Å². The number of ether oxygens (including phenoxy) is 1. The maximum Gasteiger partial charge on any atom is 0.143 e. The van der Waals surface area contributed by atoms with Gasteiger partial charge in [-0.25, -0.2) is 0 Å². The monoisotopic (exact) mass is 209 g/mol. The topological polar surface area (TPSA) is 21.6 Å². The van der Waals surface area contributed by atoms with E-state index in [-0.39, 0.29) is 6.10 Å². The highest BCUT2D eigenvalue weighted by atomic mass is 16.5. The van der Waals surface area contributed by atoms with Gasteiger partial charge in [0.1, 0.15) is 6.10 Å². The van der Waals surface area contributed by atoms with Gasteiger partial charge < -0.3 is 4.74 Å². The van der Waals surface area contributed by atoms with Gasteiger partial charge in [0.15, 0.2) is 0 Å². The molecule has 1 atom stereocenters. The largest absolute Gasteiger partial charge is 0.489 e. The Morgan fingerprint density at radius 2 is 2.12 bits per heavy atom. The first-order chi connectivity index (χ1) is 7.95. The van der Waals surface area contributed by atoms with Crippen molar-refractivity contribution in [1.82, 2.24) is 0 Å². The minimum atomic E-state index is -0.0244. The predicted octanol–water partition coefficient (Wildman–Crippen LogP) is 3.04. The molecule has 1 heterocycles. The molecule has 1 aromatic carbocycles. The summed E-state index contributed by atoms with van der Waals surface area (Å²) in [5.74, 6) is 0. The van der Waals surface area contributed by atoms with E-state index < -0.39 is 0 Å². The smallest absolute Gasteiger partial charge is 0.143 e. The Bertz CT molecular complexity index is 523. The number of fused-ring (bicyclic) bond motifs is 3. The molecule has 0 amide bonds. The lowest BCUT2D eigenvalue weighted by atomic mass is 9.91. The van der Waals surface area contributed by atoms with E-state index in [1.54, 1.807) is 18.6 Å². The third-order valence-electron chi connectivity index (χ3n) is 2.72. The molecule has 2 nitrogen and oxygen atoms in total. The molecule has 2 aliphatic rings. The molecule has 0 saturated carbocycles.